The van der Waals surface area contributed by atoms with Crippen molar-refractivity contribution in [3.05, 3.63) is 36.3 Å². The Morgan fingerprint density at radius 1 is 1.46 bits per heavy atom. The first-order valence-corrected chi connectivity index (χ1v) is 4.67. The zero-order valence-electron chi connectivity index (χ0n) is 8.07. The Morgan fingerprint density at radius 3 is 3.00 bits per heavy atom. The molecule has 2 heterocycles. The van der Waals surface area contributed by atoms with Gasteiger partial charge in [-0.1, -0.05) is 13.8 Å². The van der Waals surface area contributed by atoms with Gasteiger partial charge >= 0.3 is 0 Å². The number of hydrogen-bond acceptors (Lipinski definition) is 1. The quantitative estimate of drug-likeness (QED) is 0.684. The van der Waals surface area contributed by atoms with Gasteiger partial charge in [0.05, 0.1) is 0 Å². The molecule has 2 heteroatoms. The van der Waals surface area contributed by atoms with E-state index >= 15 is 0 Å². The van der Waals surface area contributed by atoms with Crippen LogP contribution in [-0.4, -0.2) is 9.38 Å². The fourth-order valence-electron chi connectivity index (χ4n) is 1.58. The molecular weight excluding hydrogens is 160 g/mol. The maximum Gasteiger partial charge on any atom is 0.136 e. The summed E-state index contributed by atoms with van der Waals surface area (Å²) in [5.74, 6) is 0.706. The van der Waals surface area contributed by atoms with Gasteiger partial charge in [0.15, 0.2) is 0 Å². The second-order valence-corrected chi connectivity index (χ2v) is 3.83. The molecular formula is C11H14N2. The molecule has 0 spiro atoms. The molecule has 2 aromatic rings. The van der Waals surface area contributed by atoms with Gasteiger partial charge in [-0.2, -0.15) is 0 Å². The maximum absolute atomic E-state index is 4.27. The van der Waals surface area contributed by atoms with Crippen molar-refractivity contribution in [2.45, 2.75) is 20.3 Å². The van der Waals surface area contributed by atoms with Gasteiger partial charge < -0.3 is 4.40 Å². The first kappa shape index (κ1) is 8.30. The zero-order chi connectivity index (χ0) is 9.26. The Bertz CT molecular complexity index is 368. The van der Waals surface area contributed by atoms with Crippen LogP contribution in [0.5, 0.6) is 0 Å². The molecule has 0 fully saturated rings. The van der Waals surface area contributed by atoms with E-state index in [4.69, 9.17) is 0 Å². The van der Waals surface area contributed by atoms with Crippen LogP contribution in [0, 0.1) is 5.92 Å². The fraction of sp³-hybridized carbons (Fsp3) is 0.364. The smallest absolute Gasteiger partial charge is 0.136 e. The highest BCUT2D eigenvalue weighted by Crippen LogP contribution is 2.11. The van der Waals surface area contributed by atoms with Crippen LogP contribution < -0.4 is 0 Å². The number of aromatic nitrogens is 2. The molecule has 0 amide bonds. The van der Waals surface area contributed by atoms with E-state index in [-0.39, 0.29) is 0 Å². The van der Waals surface area contributed by atoms with Gasteiger partial charge in [0.1, 0.15) is 5.65 Å². The molecule has 0 atom stereocenters. The van der Waals surface area contributed by atoms with Crippen LogP contribution in [0.25, 0.3) is 5.65 Å². The van der Waals surface area contributed by atoms with Crippen LogP contribution in [0.1, 0.15) is 19.4 Å². The van der Waals surface area contributed by atoms with Gasteiger partial charge in [0.25, 0.3) is 0 Å². The number of hydrogen-bond donors (Lipinski definition) is 0. The fourth-order valence-corrected chi connectivity index (χ4v) is 1.58. The molecule has 0 aromatic carbocycles. The second-order valence-electron chi connectivity index (χ2n) is 3.83. The van der Waals surface area contributed by atoms with Crippen molar-refractivity contribution >= 4 is 5.65 Å². The summed E-state index contributed by atoms with van der Waals surface area (Å²) in [6.07, 6.45) is 7.15. The summed E-state index contributed by atoms with van der Waals surface area (Å²) in [4.78, 5) is 4.27. The zero-order valence-corrected chi connectivity index (χ0v) is 8.07. The SMILES string of the molecule is CC(C)Cc1cc2ncccn2c1. The van der Waals surface area contributed by atoms with Crippen molar-refractivity contribution in [1.29, 1.82) is 0 Å². The van der Waals surface area contributed by atoms with Crippen LogP contribution in [0.4, 0.5) is 0 Å². The minimum Gasteiger partial charge on any atom is -0.308 e. The lowest BCUT2D eigenvalue weighted by atomic mass is 10.1. The molecule has 0 aliphatic carbocycles. The summed E-state index contributed by atoms with van der Waals surface area (Å²) in [6.45, 7) is 4.46. The Balaban J connectivity index is 2.38. The highest BCUT2D eigenvalue weighted by molar-refractivity contribution is 5.42. The summed E-state index contributed by atoms with van der Waals surface area (Å²) in [5, 5.41) is 0. The largest absolute Gasteiger partial charge is 0.308 e. The van der Waals surface area contributed by atoms with E-state index < -0.39 is 0 Å². The summed E-state index contributed by atoms with van der Waals surface area (Å²) in [5.41, 5.74) is 2.41. The summed E-state index contributed by atoms with van der Waals surface area (Å²) in [7, 11) is 0. The normalized spacial score (nSPS) is 11.3. The molecule has 0 bridgehead atoms. The molecule has 13 heavy (non-hydrogen) atoms. The lowest BCUT2D eigenvalue weighted by Crippen LogP contribution is -1.91. The number of nitrogens with zero attached hydrogens (tertiary/aromatic N) is 2. The summed E-state index contributed by atoms with van der Waals surface area (Å²) >= 11 is 0. The van der Waals surface area contributed by atoms with Crippen molar-refractivity contribution in [3.8, 4) is 0 Å². The van der Waals surface area contributed by atoms with E-state index in [0.717, 1.165) is 12.1 Å². The molecule has 2 rings (SSSR count). The molecule has 0 radical (unpaired) electrons. The van der Waals surface area contributed by atoms with Gasteiger partial charge in [0.2, 0.25) is 0 Å². The highest BCUT2D eigenvalue weighted by Gasteiger charge is 2.01. The first-order valence-electron chi connectivity index (χ1n) is 4.67. The Morgan fingerprint density at radius 2 is 2.31 bits per heavy atom. The Kier molecular flexibility index (Phi) is 2.05. The van der Waals surface area contributed by atoms with Crippen molar-refractivity contribution in [3.63, 3.8) is 0 Å². The van der Waals surface area contributed by atoms with E-state index in [1.165, 1.54) is 5.56 Å². The van der Waals surface area contributed by atoms with Crippen LogP contribution in [0.15, 0.2) is 30.7 Å². The minimum atomic E-state index is 0.706. The Labute approximate surface area is 78.2 Å². The van der Waals surface area contributed by atoms with Gasteiger partial charge in [0, 0.05) is 18.6 Å². The van der Waals surface area contributed by atoms with Gasteiger partial charge in [-0.05, 0) is 30.0 Å². The van der Waals surface area contributed by atoms with Gasteiger partial charge in [-0.25, -0.2) is 4.98 Å². The predicted molar refractivity (Wildman–Crippen MR) is 53.7 cm³/mol. The molecule has 0 unspecified atom stereocenters. The van der Waals surface area contributed by atoms with Crippen LogP contribution in [-0.2, 0) is 6.42 Å². The maximum atomic E-state index is 4.27. The molecule has 0 saturated carbocycles. The number of fused-ring (bicyclic) bond motifs is 1. The summed E-state index contributed by atoms with van der Waals surface area (Å²) in [6, 6.07) is 4.10. The van der Waals surface area contributed by atoms with Crippen molar-refractivity contribution in [1.82, 2.24) is 9.38 Å². The lowest BCUT2D eigenvalue weighted by Gasteiger charge is -1.99. The van der Waals surface area contributed by atoms with Gasteiger partial charge in [-0.15, -0.1) is 0 Å². The third-order valence-corrected chi connectivity index (χ3v) is 2.07. The van der Waals surface area contributed by atoms with Crippen molar-refractivity contribution in [2.75, 3.05) is 0 Å². The Hall–Kier alpha value is -1.31. The predicted octanol–water partition coefficient (Wildman–Crippen LogP) is 2.53. The third-order valence-electron chi connectivity index (χ3n) is 2.07. The van der Waals surface area contributed by atoms with E-state index in [9.17, 15) is 0 Å². The monoisotopic (exact) mass is 174 g/mol. The highest BCUT2D eigenvalue weighted by atomic mass is 14.9. The average Bonchev–Trinajstić information content (AvgIpc) is 2.44. The van der Waals surface area contributed by atoms with Crippen LogP contribution >= 0.6 is 0 Å². The van der Waals surface area contributed by atoms with Crippen molar-refractivity contribution in [2.24, 2.45) is 5.92 Å². The van der Waals surface area contributed by atoms with E-state index in [1.54, 1.807) is 0 Å². The first-order chi connectivity index (χ1) is 6.25. The summed E-state index contributed by atoms with van der Waals surface area (Å²) < 4.78 is 2.07. The topological polar surface area (TPSA) is 17.3 Å². The van der Waals surface area contributed by atoms with Crippen LogP contribution in [0.3, 0.4) is 0 Å². The number of rotatable bonds is 2. The second kappa shape index (κ2) is 3.21. The third kappa shape index (κ3) is 1.72. The van der Waals surface area contributed by atoms with E-state index in [1.807, 2.05) is 18.5 Å². The molecule has 0 aliphatic heterocycles. The lowest BCUT2D eigenvalue weighted by molar-refractivity contribution is 0.647. The van der Waals surface area contributed by atoms with Crippen LogP contribution in [0.2, 0.25) is 0 Å². The van der Waals surface area contributed by atoms with E-state index in [2.05, 4.69) is 35.5 Å². The standard InChI is InChI=1S/C11H14N2/c1-9(2)6-10-7-11-12-4-3-5-13(11)8-10/h3-5,7-9H,6H2,1-2H3. The molecule has 2 aromatic heterocycles. The van der Waals surface area contributed by atoms with Gasteiger partial charge in [-0.3, -0.25) is 0 Å². The molecule has 0 saturated heterocycles. The molecule has 68 valence electrons. The van der Waals surface area contributed by atoms with E-state index in [0.29, 0.717) is 5.92 Å². The molecule has 0 aliphatic rings. The average molecular weight is 174 g/mol. The van der Waals surface area contributed by atoms with Crippen molar-refractivity contribution < 1.29 is 0 Å². The molecule has 2 nitrogen and oxygen atoms in total. The molecule has 0 N–H and O–H groups in total. The minimum absolute atomic E-state index is 0.706.